The van der Waals surface area contributed by atoms with E-state index in [4.69, 9.17) is 0 Å². The fourth-order valence-electron chi connectivity index (χ4n) is 5.89. The molecule has 3 heterocycles. The summed E-state index contributed by atoms with van der Waals surface area (Å²) in [5, 5.41) is 5.22. The summed E-state index contributed by atoms with van der Waals surface area (Å²) in [4.78, 5) is 4.54. The highest BCUT2D eigenvalue weighted by molar-refractivity contribution is 6.24. The van der Waals surface area contributed by atoms with Gasteiger partial charge >= 0.3 is 0 Å². The Kier molecular flexibility index (Phi) is 4.26. The van der Waals surface area contributed by atoms with Gasteiger partial charge in [0.1, 0.15) is 0 Å². The summed E-state index contributed by atoms with van der Waals surface area (Å²) >= 11 is 0. The molecule has 0 aliphatic heterocycles. The zero-order valence-electron chi connectivity index (χ0n) is 20.1. The highest BCUT2D eigenvalue weighted by Crippen LogP contribution is 2.42. The molecule has 2 nitrogen and oxygen atoms in total. The minimum atomic E-state index is 0.990. The third-order valence-corrected chi connectivity index (χ3v) is 7.56. The van der Waals surface area contributed by atoms with Crippen molar-refractivity contribution in [2.45, 2.75) is 0 Å². The van der Waals surface area contributed by atoms with Gasteiger partial charge in [0.15, 0.2) is 0 Å². The number of hydrogen-bond donors (Lipinski definition) is 0. The number of hydrogen-bond acceptors (Lipinski definition) is 1. The van der Waals surface area contributed by atoms with Crippen molar-refractivity contribution in [1.29, 1.82) is 0 Å². The van der Waals surface area contributed by atoms with E-state index in [0.717, 1.165) is 11.3 Å². The summed E-state index contributed by atoms with van der Waals surface area (Å²) in [6.07, 6.45) is 1.85. The monoisotopic (exact) mass is 470 g/mol. The highest BCUT2D eigenvalue weighted by atomic mass is 14.9. The second-order valence-corrected chi connectivity index (χ2v) is 9.67. The molecule has 3 aromatic heterocycles. The van der Waals surface area contributed by atoms with Gasteiger partial charge in [0.2, 0.25) is 0 Å². The molecule has 8 rings (SSSR count). The topological polar surface area (TPSA) is 17.3 Å². The molecule has 37 heavy (non-hydrogen) atoms. The number of nitrogens with zero attached hydrogens (tertiary/aromatic N) is 2. The van der Waals surface area contributed by atoms with Crippen LogP contribution in [0.15, 0.2) is 134 Å². The van der Waals surface area contributed by atoms with Gasteiger partial charge in [-0.1, -0.05) is 78.9 Å². The van der Waals surface area contributed by atoms with Crippen molar-refractivity contribution in [3.63, 3.8) is 0 Å². The lowest BCUT2D eigenvalue weighted by Gasteiger charge is -2.09. The first-order chi connectivity index (χ1) is 18.3. The standard InChI is InChI=1S/C35H22N2/c1-3-16-33-28(13-1)30-21-27(22-31-29-14-2-4-17-34(29)37(33)35(30)31)25-11-7-9-23(19-25)24-10-8-12-26(20-24)32-15-5-6-18-36-32/h1-22H. The average Bonchev–Trinajstić information content (AvgIpc) is 3.49. The molecular formula is C35H22N2. The first kappa shape index (κ1) is 20.3. The molecule has 0 unspecified atom stereocenters. The molecule has 8 aromatic rings. The van der Waals surface area contributed by atoms with Gasteiger partial charge in [0.05, 0.1) is 22.2 Å². The Hall–Kier alpha value is -4.95. The molecule has 0 aliphatic carbocycles. The minimum absolute atomic E-state index is 0.990. The Morgan fingerprint density at radius 1 is 0.405 bits per heavy atom. The van der Waals surface area contributed by atoms with Gasteiger partial charge in [-0.3, -0.25) is 4.98 Å². The quantitative estimate of drug-likeness (QED) is 0.251. The molecule has 0 saturated carbocycles. The van der Waals surface area contributed by atoms with Crippen molar-refractivity contribution in [1.82, 2.24) is 9.38 Å². The maximum Gasteiger partial charge on any atom is 0.0702 e. The Labute approximate surface area is 214 Å². The molecule has 0 amide bonds. The van der Waals surface area contributed by atoms with Crippen molar-refractivity contribution in [3.05, 3.63) is 134 Å². The fourth-order valence-corrected chi connectivity index (χ4v) is 5.89. The van der Waals surface area contributed by atoms with Crippen LogP contribution in [0.5, 0.6) is 0 Å². The number of aromatic nitrogens is 2. The van der Waals surface area contributed by atoms with Crippen LogP contribution in [0.4, 0.5) is 0 Å². The third kappa shape index (κ3) is 3.03. The van der Waals surface area contributed by atoms with Gasteiger partial charge < -0.3 is 4.40 Å². The number of rotatable bonds is 3. The van der Waals surface area contributed by atoms with Crippen LogP contribution in [0.2, 0.25) is 0 Å². The zero-order valence-corrected chi connectivity index (χ0v) is 20.1. The van der Waals surface area contributed by atoms with E-state index in [1.165, 1.54) is 60.3 Å². The first-order valence-electron chi connectivity index (χ1n) is 12.6. The molecule has 0 spiro atoms. The van der Waals surface area contributed by atoms with E-state index < -0.39 is 0 Å². The number of pyridine rings is 1. The first-order valence-corrected chi connectivity index (χ1v) is 12.6. The largest absolute Gasteiger partial charge is 0.308 e. The summed E-state index contributed by atoms with van der Waals surface area (Å²) in [5.41, 5.74) is 10.8. The van der Waals surface area contributed by atoms with Crippen LogP contribution in [-0.4, -0.2) is 9.38 Å². The van der Waals surface area contributed by atoms with Crippen LogP contribution >= 0.6 is 0 Å². The summed E-state index contributed by atoms with van der Waals surface area (Å²) in [7, 11) is 0. The van der Waals surface area contributed by atoms with E-state index in [-0.39, 0.29) is 0 Å². The summed E-state index contributed by atoms with van der Waals surface area (Å²) in [6, 6.07) is 45.8. The molecular weight excluding hydrogens is 448 g/mol. The predicted molar refractivity (Wildman–Crippen MR) is 155 cm³/mol. The predicted octanol–water partition coefficient (Wildman–Crippen LogP) is 9.23. The minimum Gasteiger partial charge on any atom is -0.308 e. The van der Waals surface area contributed by atoms with E-state index in [1.54, 1.807) is 0 Å². The van der Waals surface area contributed by atoms with Crippen molar-refractivity contribution < 1.29 is 0 Å². The van der Waals surface area contributed by atoms with Gasteiger partial charge in [-0.15, -0.1) is 0 Å². The molecule has 0 N–H and O–H groups in total. The van der Waals surface area contributed by atoms with E-state index >= 15 is 0 Å². The molecule has 5 aromatic carbocycles. The maximum absolute atomic E-state index is 4.54. The summed E-state index contributed by atoms with van der Waals surface area (Å²) < 4.78 is 2.43. The van der Waals surface area contributed by atoms with Gasteiger partial charge in [-0.2, -0.15) is 0 Å². The van der Waals surface area contributed by atoms with Gasteiger partial charge in [-0.25, -0.2) is 0 Å². The SMILES string of the molecule is c1ccc(-c2cccc(-c3cccc(-c4cc5c6ccccc6n6c7ccccc7c(c4)c56)c3)c2)nc1. The lowest BCUT2D eigenvalue weighted by molar-refractivity contribution is 1.33. The lowest BCUT2D eigenvalue weighted by atomic mass is 9.95. The zero-order chi connectivity index (χ0) is 24.3. The molecule has 0 fully saturated rings. The number of fused-ring (bicyclic) bond motifs is 6. The van der Waals surface area contributed by atoms with E-state index in [1.807, 2.05) is 18.3 Å². The molecule has 0 aliphatic rings. The number of benzene rings is 5. The lowest BCUT2D eigenvalue weighted by Crippen LogP contribution is -1.85. The van der Waals surface area contributed by atoms with Gasteiger partial charge in [-0.05, 0) is 70.8 Å². The molecule has 0 saturated heterocycles. The Bertz CT molecular complexity index is 2000. The summed E-state index contributed by atoms with van der Waals surface area (Å²) in [5.74, 6) is 0. The normalized spacial score (nSPS) is 11.8. The Morgan fingerprint density at radius 3 is 1.57 bits per heavy atom. The van der Waals surface area contributed by atoms with E-state index in [0.29, 0.717) is 0 Å². The fraction of sp³-hybridized carbons (Fsp3) is 0. The van der Waals surface area contributed by atoms with Crippen LogP contribution in [0.25, 0.3) is 71.6 Å². The molecule has 0 bridgehead atoms. The van der Waals surface area contributed by atoms with Crippen LogP contribution in [0.3, 0.4) is 0 Å². The summed E-state index contributed by atoms with van der Waals surface area (Å²) in [6.45, 7) is 0. The Morgan fingerprint density at radius 2 is 0.946 bits per heavy atom. The maximum atomic E-state index is 4.54. The second kappa shape index (κ2) is 7.78. The van der Waals surface area contributed by atoms with Crippen LogP contribution in [-0.2, 0) is 0 Å². The van der Waals surface area contributed by atoms with Crippen molar-refractivity contribution in [2.24, 2.45) is 0 Å². The molecule has 172 valence electrons. The second-order valence-electron chi connectivity index (χ2n) is 9.67. The van der Waals surface area contributed by atoms with Gasteiger partial charge in [0, 0.05) is 33.3 Å². The highest BCUT2D eigenvalue weighted by Gasteiger charge is 2.18. The Balaban J connectivity index is 1.34. The van der Waals surface area contributed by atoms with Crippen LogP contribution < -0.4 is 0 Å². The average molecular weight is 471 g/mol. The van der Waals surface area contributed by atoms with Crippen LogP contribution in [0, 0.1) is 0 Å². The molecule has 0 radical (unpaired) electrons. The van der Waals surface area contributed by atoms with Crippen molar-refractivity contribution >= 4 is 38.1 Å². The van der Waals surface area contributed by atoms with E-state index in [2.05, 4.69) is 125 Å². The van der Waals surface area contributed by atoms with Crippen molar-refractivity contribution in [3.8, 4) is 33.5 Å². The van der Waals surface area contributed by atoms with Gasteiger partial charge in [0.25, 0.3) is 0 Å². The smallest absolute Gasteiger partial charge is 0.0702 e. The number of para-hydroxylation sites is 2. The molecule has 2 heteroatoms. The third-order valence-electron chi connectivity index (χ3n) is 7.56. The van der Waals surface area contributed by atoms with Crippen molar-refractivity contribution in [2.75, 3.05) is 0 Å². The molecule has 0 atom stereocenters. The van der Waals surface area contributed by atoms with Crippen LogP contribution in [0.1, 0.15) is 0 Å². The van der Waals surface area contributed by atoms with E-state index in [9.17, 15) is 0 Å².